The van der Waals surface area contributed by atoms with E-state index in [1.807, 2.05) is 0 Å². The van der Waals surface area contributed by atoms with Crippen molar-refractivity contribution in [3.63, 3.8) is 0 Å². The maximum Gasteiger partial charge on any atom is 0.469 e. The van der Waals surface area contributed by atoms with Crippen LogP contribution in [0.1, 0.15) is 6.23 Å². The van der Waals surface area contributed by atoms with E-state index in [9.17, 15) is 19.6 Å². The summed E-state index contributed by atoms with van der Waals surface area (Å²) in [5.74, 6) is -0.393. The van der Waals surface area contributed by atoms with Crippen LogP contribution in [0.3, 0.4) is 0 Å². The standard InChI is InChI=1S/C12H17N6O8P/c13-1-6(19)17-10-7-11(15-3-14-10)18(4-16-7)12-9(21)8(20)5(26-12)2-25-27(22,23)24/h3-5,8-9,12,20-21H,1-2,13H2,(H2,22,23,24)(H,14,15,17,19)/t5-,8-,9-,12-/m1/s1. The van der Waals surface area contributed by atoms with E-state index in [-0.39, 0.29) is 23.5 Å². The van der Waals surface area contributed by atoms with Crippen LogP contribution in [-0.4, -0.2) is 76.9 Å². The number of nitrogens with two attached hydrogens (primary N) is 1. The van der Waals surface area contributed by atoms with Gasteiger partial charge in [-0.2, -0.15) is 0 Å². The number of carbonyl (C=O) groups is 1. The van der Waals surface area contributed by atoms with Crippen LogP contribution in [-0.2, 0) is 18.6 Å². The zero-order chi connectivity index (χ0) is 19.8. The monoisotopic (exact) mass is 404 g/mol. The van der Waals surface area contributed by atoms with E-state index < -0.39 is 44.9 Å². The van der Waals surface area contributed by atoms with Crippen LogP contribution in [0.2, 0.25) is 0 Å². The summed E-state index contributed by atoms with van der Waals surface area (Å²) in [6, 6.07) is 0. The van der Waals surface area contributed by atoms with Crippen LogP contribution >= 0.6 is 7.82 Å². The van der Waals surface area contributed by atoms with Gasteiger partial charge in [-0.1, -0.05) is 0 Å². The fourth-order valence-electron chi connectivity index (χ4n) is 2.58. The van der Waals surface area contributed by atoms with Crippen LogP contribution in [0.4, 0.5) is 5.82 Å². The van der Waals surface area contributed by atoms with Gasteiger partial charge in [0.15, 0.2) is 23.2 Å². The number of imidazole rings is 1. The van der Waals surface area contributed by atoms with Gasteiger partial charge in [0.25, 0.3) is 0 Å². The Bertz CT molecular complexity index is 886. The Kier molecular flexibility index (Phi) is 5.50. The largest absolute Gasteiger partial charge is 0.469 e. The maximum atomic E-state index is 11.5. The van der Waals surface area contributed by atoms with E-state index in [1.54, 1.807) is 0 Å². The first-order chi connectivity index (χ1) is 12.7. The molecule has 3 rings (SSSR count). The second-order valence-corrected chi connectivity index (χ2v) is 6.87. The minimum atomic E-state index is -4.77. The molecule has 4 atom stereocenters. The molecule has 0 aliphatic carbocycles. The second-order valence-electron chi connectivity index (χ2n) is 5.63. The molecule has 0 bridgehead atoms. The van der Waals surface area contributed by atoms with Crippen molar-refractivity contribution in [2.45, 2.75) is 24.5 Å². The number of phosphoric acid groups is 1. The number of phosphoric ester groups is 1. The normalized spacial score (nSPS) is 25.8. The quantitative estimate of drug-likeness (QED) is 0.274. The number of aromatic nitrogens is 4. The van der Waals surface area contributed by atoms with Gasteiger partial charge < -0.3 is 35.8 Å². The van der Waals surface area contributed by atoms with E-state index >= 15 is 0 Å². The molecule has 1 fully saturated rings. The van der Waals surface area contributed by atoms with Crippen molar-refractivity contribution >= 4 is 30.7 Å². The number of aliphatic hydroxyl groups excluding tert-OH is 2. The molecular weight excluding hydrogens is 387 g/mol. The molecule has 7 N–H and O–H groups in total. The minimum Gasteiger partial charge on any atom is -0.387 e. The molecule has 27 heavy (non-hydrogen) atoms. The molecule has 0 radical (unpaired) electrons. The number of fused-ring (bicyclic) bond motifs is 1. The summed E-state index contributed by atoms with van der Waals surface area (Å²) in [6.45, 7) is -0.900. The molecule has 0 spiro atoms. The van der Waals surface area contributed by atoms with Gasteiger partial charge in [0.2, 0.25) is 5.91 Å². The van der Waals surface area contributed by atoms with E-state index in [2.05, 4.69) is 24.8 Å². The predicted molar refractivity (Wildman–Crippen MR) is 86.9 cm³/mol. The number of ether oxygens (including phenoxy) is 1. The molecule has 14 nitrogen and oxygen atoms in total. The fourth-order valence-corrected chi connectivity index (χ4v) is 2.92. The van der Waals surface area contributed by atoms with Crippen molar-refractivity contribution in [2.24, 2.45) is 5.73 Å². The van der Waals surface area contributed by atoms with Crippen molar-refractivity contribution in [1.29, 1.82) is 0 Å². The van der Waals surface area contributed by atoms with Crippen LogP contribution in [0.25, 0.3) is 11.2 Å². The van der Waals surface area contributed by atoms with E-state index in [0.29, 0.717) is 0 Å². The van der Waals surface area contributed by atoms with Crippen molar-refractivity contribution in [1.82, 2.24) is 19.5 Å². The van der Waals surface area contributed by atoms with E-state index in [4.69, 9.17) is 20.3 Å². The smallest absolute Gasteiger partial charge is 0.387 e. The fraction of sp³-hybridized carbons (Fsp3) is 0.500. The molecule has 0 unspecified atom stereocenters. The van der Waals surface area contributed by atoms with E-state index in [1.165, 1.54) is 10.9 Å². The first kappa shape index (κ1) is 19.7. The molecule has 1 aliphatic rings. The molecule has 148 valence electrons. The lowest BCUT2D eigenvalue weighted by Gasteiger charge is -2.16. The van der Waals surface area contributed by atoms with Crippen LogP contribution in [0, 0.1) is 0 Å². The Morgan fingerprint density at radius 1 is 1.33 bits per heavy atom. The van der Waals surface area contributed by atoms with Gasteiger partial charge in [0.05, 0.1) is 19.5 Å². The molecule has 1 amide bonds. The van der Waals surface area contributed by atoms with Gasteiger partial charge in [0, 0.05) is 0 Å². The molecule has 3 heterocycles. The first-order valence-corrected chi connectivity index (χ1v) is 9.13. The van der Waals surface area contributed by atoms with Gasteiger partial charge in [-0.3, -0.25) is 13.9 Å². The molecule has 2 aromatic heterocycles. The number of rotatable bonds is 6. The Labute approximate surface area is 151 Å². The number of amides is 1. The summed E-state index contributed by atoms with van der Waals surface area (Å²) in [7, 11) is -4.77. The van der Waals surface area contributed by atoms with Crippen LogP contribution < -0.4 is 11.1 Å². The third kappa shape index (κ3) is 4.12. The SMILES string of the molecule is NCC(=O)Nc1ncnc2c1ncn2[C@@H]1O[C@H](COP(=O)(O)O)[C@@H](O)[C@H]1O. The Morgan fingerprint density at radius 2 is 2.07 bits per heavy atom. The van der Waals surface area contributed by atoms with Gasteiger partial charge in [0.1, 0.15) is 24.6 Å². The molecule has 1 saturated heterocycles. The number of aliphatic hydroxyl groups is 2. The topological polar surface area (TPSA) is 215 Å². The van der Waals surface area contributed by atoms with Gasteiger partial charge in [-0.05, 0) is 0 Å². The molecular formula is C12H17N6O8P. The molecule has 0 aromatic carbocycles. The van der Waals surface area contributed by atoms with Crippen LogP contribution in [0.15, 0.2) is 12.7 Å². The average Bonchev–Trinajstić information content (AvgIpc) is 3.15. The number of carbonyl (C=O) groups excluding carboxylic acids is 1. The highest BCUT2D eigenvalue weighted by molar-refractivity contribution is 7.46. The third-order valence-electron chi connectivity index (χ3n) is 3.82. The maximum absolute atomic E-state index is 11.5. The summed E-state index contributed by atoms with van der Waals surface area (Å²) in [5, 5.41) is 22.7. The highest BCUT2D eigenvalue weighted by atomic mass is 31.2. The summed E-state index contributed by atoms with van der Waals surface area (Å²) in [6.07, 6.45) is -2.89. The first-order valence-electron chi connectivity index (χ1n) is 7.60. The predicted octanol–water partition coefficient (Wildman–Crippen LogP) is -2.55. The van der Waals surface area contributed by atoms with Gasteiger partial charge in [-0.25, -0.2) is 19.5 Å². The lowest BCUT2D eigenvalue weighted by atomic mass is 10.1. The summed E-state index contributed by atoms with van der Waals surface area (Å²) in [5.41, 5.74) is 5.63. The zero-order valence-corrected chi connectivity index (χ0v) is 14.5. The zero-order valence-electron chi connectivity index (χ0n) is 13.6. The second kappa shape index (κ2) is 7.53. The molecule has 1 aliphatic heterocycles. The number of nitrogens with zero attached hydrogens (tertiary/aromatic N) is 4. The van der Waals surface area contributed by atoms with E-state index in [0.717, 1.165) is 6.33 Å². The minimum absolute atomic E-state index is 0.101. The summed E-state index contributed by atoms with van der Waals surface area (Å²) in [4.78, 5) is 41.0. The summed E-state index contributed by atoms with van der Waals surface area (Å²) >= 11 is 0. The molecule has 0 saturated carbocycles. The summed E-state index contributed by atoms with van der Waals surface area (Å²) < 4.78 is 21.9. The number of nitrogens with one attached hydrogen (secondary N) is 1. The average molecular weight is 404 g/mol. The number of hydrogen-bond donors (Lipinski definition) is 6. The Hall–Kier alpha value is -2.03. The number of hydrogen-bond acceptors (Lipinski definition) is 10. The Balaban J connectivity index is 1.86. The third-order valence-corrected chi connectivity index (χ3v) is 4.31. The van der Waals surface area contributed by atoms with Gasteiger partial charge >= 0.3 is 7.82 Å². The van der Waals surface area contributed by atoms with Crippen molar-refractivity contribution < 1.29 is 38.6 Å². The Morgan fingerprint density at radius 3 is 2.74 bits per heavy atom. The van der Waals surface area contributed by atoms with Crippen molar-refractivity contribution in [3.05, 3.63) is 12.7 Å². The van der Waals surface area contributed by atoms with Gasteiger partial charge in [-0.15, -0.1) is 0 Å². The molecule has 15 heteroatoms. The lowest BCUT2D eigenvalue weighted by Crippen LogP contribution is -2.33. The number of anilines is 1. The van der Waals surface area contributed by atoms with Crippen molar-refractivity contribution in [3.8, 4) is 0 Å². The highest BCUT2D eigenvalue weighted by Crippen LogP contribution is 2.38. The lowest BCUT2D eigenvalue weighted by molar-refractivity contribution is -0.114. The molecule has 2 aromatic rings. The van der Waals surface area contributed by atoms with Crippen molar-refractivity contribution in [2.75, 3.05) is 18.5 Å². The van der Waals surface area contributed by atoms with Crippen LogP contribution in [0.5, 0.6) is 0 Å². The highest BCUT2D eigenvalue weighted by Gasteiger charge is 2.45.